The van der Waals surface area contributed by atoms with E-state index in [1.54, 1.807) is 6.07 Å². The zero-order valence-corrected chi connectivity index (χ0v) is 23.5. The summed E-state index contributed by atoms with van der Waals surface area (Å²) in [5.41, 5.74) is 9.43. The summed E-state index contributed by atoms with van der Waals surface area (Å²) in [6.07, 6.45) is -2.00. The van der Waals surface area contributed by atoms with Gasteiger partial charge >= 0.3 is 12.2 Å². The van der Waals surface area contributed by atoms with Gasteiger partial charge in [-0.25, -0.2) is 14.8 Å². The fourth-order valence-corrected chi connectivity index (χ4v) is 5.58. The predicted octanol–water partition coefficient (Wildman–Crippen LogP) is 5.76. The van der Waals surface area contributed by atoms with Crippen LogP contribution in [0.4, 0.5) is 35.2 Å². The molecule has 0 aliphatic carbocycles. The third-order valence-corrected chi connectivity index (χ3v) is 7.62. The molecule has 1 aliphatic rings. The summed E-state index contributed by atoms with van der Waals surface area (Å²) in [6.45, 7) is 6.53. The molecule has 1 fully saturated rings. The van der Waals surface area contributed by atoms with Crippen molar-refractivity contribution in [1.29, 1.82) is 0 Å². The zero-order valence-electron chi connectivity index (χ0n) is 23.5. The minimum atomic E-state index is -4.51. The van der Waals surface area contributed by atoms with Crippen LogP contribution in [0.3, 0.4) is 0 Å². The number of nitrogen functional groups attached to an aromatic ring is 1. The highest BCUT2D eigenvalue weighted by atomic mass is 19.4. The van der Waals surface area contributed by atoms with Crippen molar-refractivity contribution >= 4 is 39.5 Å². The van der Waals surface area contributed by atoms with Crippen molar-refractivity contribution in [2.45, 2.75) is 26.1 Å². The van der Waals surface area contributed by atoms with Gasteiger partial charge in [-0.2, -0.15) is 13.2 Å². The number of nitrogens with two attached hydrogens (primary N) is 1. The first-order valence-electron chi connectivity index (χ1n) is 14.1. The average molecular weight is 589 g/mol. The maximum Gasteiger partial charge on any atom is 0.416 e. The van der Waals surface area contributed by atoms with Gasteiger partial charge in [-0.05, 0) is 29.7 Å². The Kier molecular flexibility index (Phi) is 7.63. The summed E-state index contributed by atoms with van der Waals surface area (Å²) in [7, 11) is 0. The molecule has 1 aliphatic heterocycles. The molecule has 0 atom stereocenters. The summed E-state index contributed by atoms with van der Waals surface area (Å²) < 4.78 is 41.5. The number of imidazole rings is 1. The number of halogens is 3. The van der Waals surface area contributed by atoms with Crippen LogP contribution in [0.1, 0.15) is 24.0 Å². The van der Waals surface area contributed by atoms with Gasteiger partial charge in [0.25, 0.3) is 0 Å². The number of piperazine rings is 1. The maximum absolute atomic E-state index is 13.1. The Bertz CT molecular complexity index is 1810. The fraction of sp³-hybridized carbons (Fsp3) is 0.258. The van der Waals surface area contributed by atoms with E-state index in [9.17, 15) is 18.0 Å². The molecule has 5 N–H and O–H groups in total. The van der Waals surface area contributed by atoms with E-state index >= 15 is 0 Å². The molecule has 0 bridgehead atoms. The number of benzene rings is 3. The number of amides is 2. The van der Waals surface area contributed by atoms with Gasteiger partial charge in [-0.3, -0.25) is 9.30 Å². The number of anilines is 3. The van der Waals surface area contributed by atoms with Crippen molar-refractivity contribution in [1.82, 2.24) is 24.6 Å². The highest BCUT2D eigenvalue weighted by Crippen LogP contribution is 2.37. The molecule has 1 saturated heterocycles. The highest BCUT2D eigenvalue weighted by molar-refractivity contribution is 6.10. The van der Waals surface area contributed by atoms with Gasteiger partial charge < -0.3 is 21.7 Å². The Balaban J connectivity index is 1.36. The van der Waals surface area contributed by atoms with E-state index in [1.807, 2.05) is 36.5 Å². The zero-order chi connectivity index (χ0) is 30.1. The second kappa shape index (κ2) is 11.5. The van der Waals surface area contributed by atoms with Crippen molar-refractivity contribution in [3.63, 3.8) is 0 Å². The van der Waals surface area contributed by atoms with E-state index in [-0.39, 0.29) is 5.69 Å². The number of alkyl halides is 3. The minimum absolute atomic E-state index is 0.0319. The molecular weight excluding hydrogens is 557 g/mol. The third-order valence-electron chi connectivity index (χ3n) is 7.62. The lowest BCUT2D eigenvalue weighted by molar-refractivity contribution is -0.137. The largest absolute Gasteiger partial charge is 0.416 e. The molecule has 0 unspecified atom stereocenters. The first-order valence-corrected chi connectivity index (χ1v) is 14.1. The van der Waals surface area contributed by atoms with Gasteiger partial charge in [-0.15, -0.1) is 0 Å². The second-order valence-corrected chi connectivity index (χ2v) is 10.4. The van der Waals surface area contributed by atoms with Crippen LogP contribution in [0.25, 0.3) is 27.5 Å². The normalized spacial score (nSPS) is 14.3. The predicted molar refractivity (Wildman–Crippen MR) is 162 cm³/mol. The first-order chi connectivity index (χ1) is 20.7. The molecule has 0 radical (unpaired) electrons. The molecular formula is C31H31F3N8O. The molecule has 2 amide bonds. The lowest BCUT2D eigenvalue weighted by atomic mass is 10.00. The minimum Gasteiger partial charge on any atom is -0.382 e. The van der Waals surface area contributed by atoms with Crippen LogP contribution in [0.2, 0.25) is 0 Å². The van der Waals surface area contributed by atoms with E-state index in [0.717, 1.165) is 78.2 Å². The summed E-state index contributed by atoms with van der Waals surface area (Å²) in [6, 6.07) is 15.0. The smallest absolute Gasteiger partial charge is 0.382 e. The number of carbonyl (C=O) groups excluding carboxylic acids is 1. The summed E-state index contributed by atoms with van der Waals surface area (Å²) >= 11 is 0. The highest BCUT2D eigenvalue weighted by Gasteiger charge is 2.30. The molecule has 5 aromatic rings. The molecule has 6 rings (SSSR count). The van der Waals surface area contributed by atoms with Crippen molar-refractivity contribution in [3.8, 4) is 11.3 Å². The van der Waals surface area contributed by atoms with E-state index < -0.39 is 17.8 Å². The number of carbonyl (C=O) groups is 1. The van der Waals surface area contributed by atoms with Crippen molar-refractivity contribution in [2.24, 2.45) is 0 Å². The van der Waals surface area contributed by atoms with Crippen LogP contribution in [0.15, 0.2) is 66.9 Å². The molecule has 0 spiro atoms. The molecule has 2 aromatic heterocycles. The van der Waals surface area contributed by atoms with Crippen LogP contribution in [-0.2, 0) is 19.1 Å². The van der Waals surface area contributed by atoms with Crippen molar-refractivity contribution in [2.75, 3.05) is 42.5 Å². The Hall–Kier alpha value is -4.68. The van der Waals surface area contributed by atoms with Gasteiger partial charge in [0, 0.05) is 55.8 Å². The number of fused-ring (bicyclic) bond motifs is 2. The van der Waals surface area contributed by atoms with Crippen LogP contribution in [0.5, 0.6) is 0 Å². The van der Waals surface area contributed by atoms with Gasteiger partial charge in [0.05, 0.1) is 23.1 Å². The molecule has 3 heterocycles. The van der Waals surface area contributed by atoms with Crippen LogP contribution < -0.4 is 21.7 Å². The van der Waals surface area contributed by atoms with Crippen molar-refractivity contribution in [3.05, 3.63) is 83.9 Å². The molecule has 3 aromatic carbocycles. The van der Waals surface area contributed by atoms with Crippen LogP contribution >= 0.6 is 0 Å². The van der Waals surface area contributed by atoms with Crippen LogP contribution in [-0.4, -0.2) is 51.5 Å². The maximum atomic E-state index is 13.1. The van der Waals surface area contributed by atoms with E-state index in [2.05, 4.69) is 37.2 Å². The summed E-state index contributed by atoms with van der Waals surface area (Å²) in [5.74, 6) is 1.24. The number of hydrogen-bond donors (Lipinski definition) is 4. The number of rotatable bonds is 6. The first kappa shape index (κ1) is 28.4. The monoisotopic (exact) mass is 588 g/mol. The Morgan fingerprint density at radius 3 is 2.53 bits per heavy atom. The number of nitrogens with one attached hydrogen (secondary N) is 3. The van der Waals surface area contributed by atoms with Gasteiger partial charge in [0.15, 0.2) is 0 Å². The average Bonchev–Trinajstić information content (AvgIpc) is 3.40. The third kappa shape index (κ3) is 5.71. The molecule has 12 heteroatoms. The Morgan fingerprint density at radius 1 is 1.02 bits per heavy atom. The molecule has 222 valence electrons. The van der Waals surface area contributed by atoms with Crippen molar-refractivity contribution < 1.29 is 18.0 Å². The number of hydrogen-bond acceptors (Lipinski definition) is 6. The second-order valence-electron chi connectivity index (χ2n) is 10.4. The number of aromatic nitrogens is 3. The number of aryl methyl sites for hydroxylation is 1. The molecule has 9 nitrogen and oxygen atoms in total. The molecule has 0 saturated carbocycles. The standard InChI is InChI=1S/C31H31F3N8O/c1-2-26-40-27(28-29(35)37-17-21(42(26)28)18-41-14-12-36-13-15-41)24-10-11-25(23-9-4-3-8-22(23)24)39-30(43)38-20-7-5-6-19(16-20)31(32,33)34/h3-11,16-17,36H,2,12-15,18H2,1H3,(H2,35,37)(H2,38,39,43). The van der Waals surface area contributed by atoms with Crippen LogP contribution in [0, 0.1) is 0 Å². The fourth-order valence-electron chi connectivity index (χ4n) is 5.58. The number of urea groups is 1. The summed E-state index contributed by atoms with van der Waals surface area (Å²) in [5, 5.41) is 10.2. The van der Waals surface area contributed by atoms with E-state index in [4.69, 9.17) is 10.7 Å². The Morgan fingerprint density at radius 2 is 1.79 bits per heavy atom. The SMILES string of the molecule is CCc1nc(-c2ccc(NC(=O)Nc3cccc(C(F)(F)F)c3)c3ccccc23)c2c(N)ncc(CN3CCNCC3)n12. The quantitative estimate of drug-likeness (QED) is 0.201. The lowest BCUT2D eigenvalue weighted by Gasteiger charge is -2.27. The topological polar surface area (TPSA) is 113 Å². The van der Waals surface area contributed by atoms with Gasteiger partial charge in [0.1, 0.15) is 22.9 Å². The van der Waals surface area contributed by atoms with E-state index in [0.29, 0.717) is 23.6 Å². The van der Waals surface area contributed by atoms with Gasteiger partial charge in [-0.1, -0.05) is 43.3 Å². The molecule has 43 heavy (non-hydrogen) atoms. The Labute approximate surface area is 245 Å². The lowest BCUT2D eigenvalue weighted by Crippen LogP contribution is -2.43. The van der Waals surface area contributed by atoms with E-state index in [1.165, 1.54) is 12.1 Å². The summed E-state index contributed by atoms with van der Waals surface area (Å²) in [4.78, 5) is 24.8. The van der Waals surface area contributed by atoms with Gasteiger partial charge in [0.2, 0.25) is 0 Å². The number of nitrogens with zero attached hydrogens (tertiary/aromatic N) is 4.